The highest BCUT2D eigenvalue weighted by Gasteiger charge is 2.46. The van der Waals surface area contributed by atoms with E-state index in [1.54, 1.807) is 42.6 Å². The van der Waals surface area contributed by atoms with E-state index in [0.717, 1.165) is 13.1 Å². The highest BCUT2D eigenvalue weighted by molar-refractivity contribution is 6.46. The number of ether oxygens (including phenoxy) is 1. The summed E-state index contributed by atoms with van der Waals surface area (Å²) < 4.78 is 5.37. The molecule has 0 unspecified atom stereocenters. The summed E-state index contributed by atoms with van der Waals surface area (Å²) >= 11 is 0. The molecule has 0 bridgehead atoms. The number of Topliss-reactive ketones (excluding diaryl/α,β-unsaturated/α-hetero) is 1. The molecular weight excluding hydrogens is 370 g/mol. The van der Waals surface area contributed by atoms with Crippen molar-refractivity contribution in [1.29, 1.82) is 0 Å². The van der Waals surface area contributed by atoms with Gasteiger partial charge in [0.25, 0.3) is 11.7 Å². The topological polar surface area (TPSA) is 83.0 Å². The number of morpholine rings is 1. The van der Waals surface area contributed by atoms with Crippen LogP contribution in [0.15, 0.2) is 60.3 Å². The van der Waals surface area contributed by atoms with Crippen molar-refractivity contribution in [2.75, 3.05) is 39.4 Å². The highest BCUT2D eigenvalue weighted by Crippen LogP contribution is 2.38. The van der Waals surface area contributed by atoms with Gasteiger partial charge in [0.1, 0.15) is 11.8 Å². The van der Waals surface area contributed by atoms with Crippen molar-refractivity contribution in [1.82, 2.24) is 14.8 Å². The van der Waals surface area contributed by atoms with Gasteiger partial charge < -0.3 is 14.7 Å². The SMILES string of the molecule is O=C1C(=O)N(CCN2CCOCC2)[C@@H](c2ccccn2)C1=C(O)c1ccccc1. The molecule has 3 heterocycles. The van der Waals surface area contributed by atoms with Crippen molar-refractivity contribution in [3.05, 3.63) is 71.6 Å². The molecule has 2 saturated heterocycles. The molecule has 0 saturated carbocycles. The molecule has 2 aromatic rings. The fourth-order valence-corrected chi connectivity index (χ4v) is 3.78. The van der Waals surface area contributed by atoms with E-state index in [9.17, 15) is 14.7 Å². The molecule has 1 aromatic heterocycles. The van der Waals surface area contributed by atoms with Crippen LogP contribution >= 0.6 is 0 Å². The van der Waals surface area contributed by atoms with Crippen molar-refractivity contribution in [2.45, 2.75) is 6.04 Å². The average Bonchev–Trinajstić information content (AvgIpc) is 3.04. The van der Waals surface area contributed by atoms with Crippen molar-refractivity contribution >= 4 is 17.4 Å². The van der Waals surface area contributed by atoms with E-state index in [2.05, 4.69) is 9.88 Å². The number of aliphatic hydroxyl groups is 1. The number of hydrogen-bond acceptors (Lipinski definition) is 6. The molecule has 0 spiro atoms. The van der Waals surface area contributed by atoms with Crippen molar-refractivity contribution in [2.24, 2.45) is 0 Å². The third-order valence-corrected chi connectivity index (χ3v) is 5.32. The van der Waals surface area contributed by atoms with Crippen LogP contribution in [0.4, 0.5) is 0 Å². The van der Waals surface area contributed by atoms with Gasteiger partial charge in [0, 0.05) is 37.9 Å². The maximum Gasteiger partial charge on any atom is 0.295 e. The van der Waals surface area contributed by atoms with Crippen molar-refractivity contribution in [3.63, 3.8) is 0 Å². The van der Waals surface area contributed by atoms with Crippen LogP contribution in [0.1, 0.15) is 17.3 Å². The molecular formula is C22H23N3O4. The Bertz CT molecular complexity index is 908. The summed E-state index contributed by atoms with van der Waals surface area (Å²) in [6.07, 6.45) is 1.62. The lowest BCUT2D eigenvalue weighted by Gasteiger charge is -2.30. The Morgan fingerprint density at radius 2 is 1.76 bits per heavy atom. The summed E-state index contributed by atoms with van der Waals surface area (Å²) in [5.41, 5.74) is 1.15. The molecule has 0 radical (unpaired) electrons. The van der Waals surface area contributed by atoms with E-state index in [0.29, 0.717) is 37.6 Å². The number of aliphatic hydroxyl groups excluding tert-OH is 1. The van der Waals surface area contributed by atoms with E-state index in [1.165, 1.54) is 4.90 Å². The number of rotatable bonds is 5. The predicted octanol–water partition coefficient (Wildman–Crippen LogP) is 1.84. The van der Waals surface area contributed by atoms with Gasteiger partial charge in [-0.15, -0.1) is 0 Å². The summed E-state index contributed by atoms with van der Waals surface area (Å²) in [6.45, 7) is 3.92. The van der Waals surface area contributed by atoms with Gasteiger partial charge in [-0.1, -0.05) is 36.4 Å². The van der Waals surface area contributed by atoms with Gasteiger partial charge >= 0.3 is 0 Å². The lowest BCUT2D eigenvalue weighted by Crippen LogP contribution is -2.42. The minimum atomic E-state index is -0.711. The zero-order valence-corrected chi connectivity index (χ0v) is 16.0. The molecule has 29 heavy (non-hydrogen) atoms. The number of amides is 1. The zero-order valence-electron chi connectivity index (χ0n) is 16.0. The van der Waals surface area contributed by atoms with Crippen LogP contribution in [0.2, 0.25) is 0 Å². The van der Waals surface area contributed by atoms with Gasteiger partial charge in [0.2, 0.25) is 0 Å². The Balaban J connectivity index is 1.70. The number of likely N-dealkylation sites (tertiary alicyclic amines) is 1. The predicted molar refractivity (Wildman–Crippen MR) is 107 cm³/mol. The van der Waals surface area contributed by atoms with E-state index < -0.39 is 17.7 Å². The largest absolute Gasteiger partial charge is 0.507 e. The van der Waals surface area contributed by atoms with Gasteiger partial charge in [-0.25, -0.2) is 0 Å². The molecule has 1 aromatic carbocycles. The number of nitrogens with zero attached hydrogens (tertiary/aromatic N) is 3. The third-order valence-electron chi connectivity index (χ3n) is 5.32. The molecule has 1 atom stereocenters. The molecule has 2 aliphatic rings. The fourth-order valence-electron chi connectivity index (χ4n) is 3.78. The Morgan fingerprint density at radius 1 is 1.03 bits per heavy atom. The molecule has 2 aliphatic heterocycles. The van der Waals surface area contributed by atoms with E-state index in [4.69, 9.17) is 4.74 Å². The summed E-state index contributed by atoms with van der Waals surface area (Å²) in [7, 11) is 0. The first-order valence-electron chi connectivity index (χ1n) is 9.71. The number of benzene rings is 1. The van der Waals surface area contributed by atoms with Crippen molar-refractivity contribution in [3.8, 4) is 0 Å². The minimum absolute atomic E-state index is 0.0851. The normalized spacial score (nSPS) is 22.2. The summed E-state index contributed by atoms with van der Waals surface area (Å²) in [6, 6.07) is 13.5. The van der Waals surface area contributed by atoms with Crippen LogP contribution < -0.4 is 0 Å². The summed E-state index contributed by atoms with van der Waals surface area (Å²) in [5, 5.41) is 10.9. The highest BCUT2D eigenvalue weighted by atomic mass is 16.5. The smallest absolute Gasteiger partial charge is 0.295 e. The first-order chi connectivity index (χ1) is 14.2. The molecule has 7 heteroatoms. The number of carbonyl (C=O) groups excluding carboxylic acids is 2. The van der Waals surface area contributed by atoms with E-state index >= 15 is 0 Å². The minimum Gasteiger partial charge on any atom is -0.507 e. The summed E-state index contributed by atoms with van der Waals surface area (Å²) in [4.78, 5) is 33.9. The maximum absolute atomic E-state index is 12.9. The second kappa shape index (κ2) is 8.55. The molecule has 150 valence electrons. The Morgan fingerprint density at radius 3 is 2.45 bits per heavy atom. The second-order valence-electron chi connectivity index (χ2n) is 7.07. The van der Waals surface area contributed by atoms with Gasteiger partial charge in [0.15, 0.2) is 0 Å². The number of carbonyl (C=O) groups is 2. The van der Waals surface area contributed by atoms with Crippen LogP contribution in [-0.4, -0.2) is 71.0 Å². The van der Waals surface area contributed by atoms with Crippen LogP contribution in [0.3, 0.4) is 0 Å². The molecule has 1 amide bonds. The standard InChI is InChI=1S/C22H23N3O4/c26-20(16-6-2-1-3-7-16)18-19(17-8-4-5-9-23-17)25(22(28)21(18)27)11-10-24-12-14-29-15-13-24/h1-9,19,26H,10-15H2/t19-/m0/s1. The van der Waals surface area contributed by atoms with Gasteiger partial charge in [-0.3, -0.25) is 19.5 Å². The fraction of sp³-hybridized carbons (Fsp3) is 0.318. The summed E-state index contributed by atoms with van der Waals surface area (Å²) in [5.74, 6) is -1.45. The first-order valence-corrected chi connectivity index (χ1v) is 9.71. The number of aromatic nitrogens is 1. The second-order valence-corrected chi connectivity index (χ2v) is 7.07. The van der Waals surface area contributed by atoms with Gasteiger partial charge in [0.05, 0.1) is 24.5 Å². The average molecular weight is 393 g/mol. The molecule has 7 nitrogen and oxygen atoms in total. The Kier molecular flexibility index (Phi) is 5.69. The molecule has 0 aliphatic carbocycles. The van der Waals surface area contributed by atoms with Crippen LogP contribution in [0.5, 0.6) is 0 Å². The van der Waals surface area contributed by atoms with Crippen LogP contribution in [-0.2, 0) is 14.3 Å². The Labute approximate surface area is 169 Å². The Hall–Kier alpha value is -3.03. The van der Waals surface area contributed by atoms with Crippen LogP contribution in [0, 0.1) is 0 Å². The van der Waals surface area contributed by atoms with E-state index in [-0.39, 0.29) is 11.3 Å². The zero-order chi connectivity index (χ0) is 20.2. The van der Waals surface area contributed by atoms with E-state index in [1.807, 2.05) is 12.1 Å². The van der Waals surface area contributed by atoms with Crippen molar-refractivity contribution < 1.29 is 19.4 Å². The lowest BCUT2D eigenvalue weighted by molar-refractivity contribution is -0.140. The first kappa shape index (κ1) is 19.3. The number of pyridine rings is 1. The monoisotopic (exact) mass is 393 g/mol. The number of hydrogen-bond donors (Lipinski definition) is 1. The maximum atomic E-state index is 12.9. The van der Waals surface area contributed by atoms with Crippen LogP contribution in [0.25, 0.3) is 5.76 Å². The molecule has 2 fully saturated rings. The third kappa shape index (κ3) is 3.92. The molecule has 1 N–H and O–H groups in total. The van der Waals surface area contributed by atoms with Gasteiger partial charge in [-0.05, 0) is 12.1 Å². The lowest BCUT2D eigenvalue weighted by atomic mass is 9.98. The number of ketones is 1. The van der Waals surface area contributed by atoms with Gasteiger partial charge in [-0.2, -0.15) is 0 Å². The quantitative estimate of drug-likeness (QED) is 0.474. The molecule has 4 rings (SSSR count).